The second kappa shape index (κ2) is 6.24. The zero-order valence-corrected chi connectivity index (χ0v) is 12.4. The van der Waals surface area contributed by atoms with Gasteiger partial charge < -0.3 is 0 Å². The van der Waals surface area contributed by atoms with Gasteiger partial charge in [-0.3, -0.25) is 19.6 Å². The Bertz CT molecular complexity index is 831. The molecule has 0 fully saturated rings. The number of aryl methyl sites for hydroxylation is 2. The molecule has 1 aromatic carbocycles. The molecule has 0 aliphatic heterocycles. The summed E-state index contributed by atoms with van der Waals surface area (Å²) in [6.07, 6.45) is 0. The quantitative estimate of drug-likeness (QED) is 0.501. The zero-order chi connectivity index (χ0) is 16.3. The molecule has 0 saturated heterocycles. The fourth-order valence-electron chi connectivity index (χ4n) is 2.35. The van der Waals surface area contributed by atoms with Crippen LogP contribution in [0.15, 0.2) is 35.1 Å². The van der Waals surface area contributed by atoms with Gasteiger partial charge in [0, 0.05) is 5.56 Å². The van der Waals surface area contributed by atoms with Gasteiger partial charge in [0.15, 0.2) is 0 Å². The number of hydrogen-bond donors (Lipinski definition) is 2. The van der Waals surface area contributed by atoms with Gasteiger partial charge in [0.2, 0.25) is 0 Å². The Labute approximate surface area is 127 Å². The third kappa shape index (κ3) is 2.90. The van der Waals surface area contributed by atoms with E-state index in [0.717, 1.165) is 16.7 Å². The van der Waals surface area contributed by atoms with Crippen LogP contribution < -0.4 is 16.8 Å². The molecular weight excluding hydrogens is 280 g/mol. The molecule has 3 N–H and O–H groups in total. The largest absolute Gasteiger partial charge is 0.298 e. The molecule has 0 atom stereocenters. The predicted molar refractivity (Wildman–Crippen MR) is 82.7 cm³/mol. The SMILES string of the molecule is Cc1ccc(-c2ccc(C#N)c(=O)n2CC(=O)NN)c(C)c1. The molecule has 0 bridgehead atoms. The van der Waals surface area contributed by atoms with E-state index in [9.17, 15) is 9.59 Å². The summed E-state index contributed by atoms with van der Waals surface area (Å²) in [6.45, 7) is 3.66. The highest BCUT2D eigenvalue weighted by atomic mass is 16.2. The number of amides is 1. The summed E-state index contributed by atoms with van der Waals surface area (Å²) in [4.78, 5) is 23.9. The average molecular weight is 296 g/mol. The third-order valence-corrected chi connectivity index (χ3v) is 3.42. The van der Waals surface area contributed by atoms with Gasteiger partial charge in [-0.05, 0) is 31.5 Å². The smallest absolute Gasteiger partial charge is 0.269 e. The van der Waals surface area contributed by atoms with Crippen LogP contribution in [0, 0.1) is 25.2 Å². The minimum atomic E-state index is -0.511. The van der Waals surface area contributed by atoms with E-state index in [2.05, 4.69) is 0 Å². The Kier molecular flexibility index (Phi) is 4.39. The molecule has 0 radical (unpaired) electrons. The number of hydrazine groups is 1. The maximum atomic E-state index is 12.3. The fourth-order valence-corrected chi connectivity index (χ4v) is 2.35. The lowest BCUT2D eigenvalue weighted by Crippen LogP contribution is -2.37. The van der Waals surface area contributed by atoms with Crippen LogP contribution in [0.4, 0.5) is 0 Å². The minimum Gasteiger partial charge on any atom is -0.298 e. The summed E-state index contributed by atoms with van der Waals surface area (Å²) in [6, 6.07) is 10.8. The first-order valence-corrected chi connectivity index (χ1v) is 6.69. The van der Waals surface area contributed by atoms with Crippen LogP contribution in [0.5, 0.6) is 0 Å². The number of aromatic nitrogens is 1. The fraction of sp³-hybridized carbons (Fsp3) is 0.188. The third-order valence-electron chi connectivity index (χ3n) is 3.42. The Morgan fingerprint density at radius 2 is 2.05 bits per heavy atom. The van der Waals surface area contributed by atoms with Crippen molar-refractivity contribution in [2.24, 2.45) is 5.84 Å². The molecule has 2 rings (SSSR count). The number of rotatable bonds is 3. The first kappa shape index (κ1) is 15.5. The van der Waals surface area contributed by atoms with E-state index in [1.807, 2.05) is 43.5 Å². The number of nitriles is 1. The van der Waals surface area contributed by atoms with Gasteiger partial charge >= 0.3 is 0 Å². The lowest BCUT2D eigenvalue weighted by atomic mass is 10.0. The predicted octanol–water partition coefficient (Wildman–Crippen LogP) is 0.994. The van der Waals surface area contributed by atoms with Gasteiger partial charge in [-0.15, -0.1) is 0 Å². The van der Waals surface area contributed by atoms with Gasteiger partial charge in [-0.25, -0.2) is 5.84 Å². The van der Waals surface area contributed by atoms with Crippen molar-refractivity contribution in [3.63, 3.8) is 0 Å². The van der Waals surface area contributed by atoms with Gasteiger partial charge in [-0.1, -0.05) is 23.8 Å². The van der Waals surface area contributed by atoms with Crippen molar-refractivity contribution in [1.29, 1.82) is 5.26 Å². The summed E-state index contributed by atoms with van der Waals surface area (Å²) in [5, 5.41) is 9.00. The van der Waals surface area contributed by atoms with Crippen molar-refractivity contribution in [3.8, 4) is 17.3 Å². The number of nitrogens with one attached hydrogen (secondary N) is 1. The number of benzene rings is 1. The van der Waals surface area contributed by atoms with Crippen LogP contribution in [0.2, 0.25) is 0 Å². The minimum absolute atomic E-state index is 0.0154. The number of pyridine rings is 1. The van der Waals surface area contributed by atoms with E-state index in [1.54, 1.807) is 6.07 Å². The summed E-state index contributed by atoms with van der Waals surface area (Å²) in [7, 11) is 0. The second-order valence-electron chi connectivity index (χ2n) is 5.02. The number of nitrogens with two attached hydrogens (primary N) is 1. The van der Waals surface area contributed by atoms with Crippen LogP contribution in [0.25, 0.3) is 11.3 Å². The molecule has 1 amide bonds. The van der Waals surface area contributed by atoms with Crippen LogP contribution >= 0.6 is 0 Å². The molecule has 6 heteroatoms. The second-order valence-corrected chi connectivity index (χ2v) is 5.02. The molecule has 0 aliphatic carbocycles. The van der Waals surface area contributed by atoms with Gasteiger partial charge in [0.1, 0.15) is 18.2 Å². The van der Waals surface area contributed by atoms with Crippen LogP contribution in [-0.2, 0) is 11.3 Å². The maximum absolute atomic E-state index is 12.3. The zero-order valence-electron chi connectivity index (χ0n) is 12.4. The normalized spacial score (nSPS) is 10.1. The summed E-state index contributed by atoms with van der Waals surface area (Å²) >= 11 is 0. The van der Waals surface area contributed by atoms with E-state index in [1.165, 1.54) is 10.6 Å². The van der Waals surface area contributed by atoms with E-state index in [0.29, 0.717) is 5.69 Å². The molecule has 0 unspecified atom stereocenters. The standard InChI is InChI=1S/C16H16N4O2/c1-10-3-5-13(11(2)7-10)14-6-4-12(8-17)16(22)20(14)9-15(21)19-18/h3-7H,9,18H2,1-2H3,(H,19,21). The Hall–Kier alpha value is -2.91. The molecule has 0 spiro atoms. The molecule has 1 aromatic heterocycles. The number of carbonyl (C=O) groups is 1. The van der Waals surface area contributed by atoms with Crippen LogP contribution in [0.1, 0.15) is 16.7 Å². The molecule has 22 heavy (non-hydrogen) atoms. The number of nitrogens with zero attached hydrogens (tertiary/aromatic N) is 2. The maximum Gasteiger partial charge on any atom is 0.269 e. The molecule has 2 aromatic rings. The Morgan fingerprint density at radius 3 is 2.64 bits per heavy atom. The summed E-state index contributed by atoms with van der Waals surface area (Å²) in [5.74, 6) is 4.59. The van der Waals surface area contributed by atoms with Crippen LogP contribution in [0.3, 0.4) is 0 Å². The van der Waals surface area contributed by atoms with Crippen molar-refractivity contribution in [2.45, 2.75) is 20.4 Å². The molecule has 112 valence electrons. The summed E-state index contributed by atoms with van der Waals surface area (Å²) in [5.41, 5.74) is 4.96. The molecule has 0 saturated carbocycles. The Balaban J connectivity index is 2.70. The molecule has 0 aliphatic rings. The highest BCUT2D eigenvalue weighted by Gasteiger charge is 2.14. The highest BCUT2D eigenvalue weighted by molar-refractivity contribution is 5.76. The van der Waals surface area contributed by atoms with E-state index < -0.39 is 11.5 Å². The van der Waals surface area contributed by atoms with Crippen molar-refractivity contribution < 1.29 is 4.79 Å². The van der Waals surface area contributed by atoms with Gasteiger partial charge in [0.25, 0.3) is 11.5 Å². The van der Waals surface area contributed by atoms with Crippen molar-refractivity contribution in [1.82, 2.24) is 9.99 Å². The highest BCUT2D eigenvalue weighted by Crippen LogP contribution is 2.23. The molecule has 6 nitrogen and oxygen atoms in total. The topological polar surface area (TPSA) is 101 Å². The van der Waals surface area contributed by atoms with Crippen molar-refractivity contribution in [3.05, 3.63) is 57.4 Å². The van der Waals surface area contributed by atoms with Crippen molar-refractivity contribution >= 4 is 5.91 Å². The first-order chi connectivity index (χ1) is 10.5. The molecular formula is C16H16N4O2. The van der Waals surface area contributed by atoms with E-state index in [4.69, 9.17) is 11.1 Å². The van der Waals surface area contributed by atoms with Gasteiger partial charge in [0.05, 0.1) is 5.69 Å². The average Bonchev–Trinajstić information content (AvgIpc) is 2.49. The first-order valence-electron chi connectivity index (χ1n) is 6.69. The number of hydrogen-bond acceptors (Lipinski definition) is 4. The lowest BCUT2D eigenvalue weighted by molar-refractivity contribution is -0.121. The van der Waals surface area contributed by atoms with Gasteiger partial charge in [-0.2, -0.15) is 5.26 Å². The Morgan fingerprint density at radius 1 is 1.32 bits per heavy atom. The molecule has 1 heterocycles. The lowest BCUT2D eigenvalue weighted by Gasteiger charge is -2.15. The van der Waals surface area contributed by atoms with E-state index >= 15 is 0 Å². The van der Waals surface area contributed by atoms with E-state index in [-0.39, 0.29) is 12.1 Å². The number of carbonyl (C=O) groups excluding carboxylic acids is 1. The van der Waals surface area contributed by atoms with Crippen molar-refractivity contribution in [2.75, 3.05) is 0 Å². The summed E-state index contributed by atoms with van der Waals surface area (Å²) < 4.78 is 1.26. The van der Waals surface area contributed by atoms with Crippen LogP contribution in [-0.4, -0.2) is 10.5 Å². The monoisotopic (exact) mass is 296 g/mol.